The number of fused-ring (bicyclic) bond motifs is 3. The van der Waals surface area contributed by atoms with Crippen molar-refractivity contribution in [2.75, 3.05) is 7.11 Å². The number of carbonyl (C=O) groups excluding carboxylic acids is 2. The van der Waals surface area contributed by atoms with Crippen molar-refractivity contribution < 1.29 is 18.8 Å². The van der Waals surface area contributed by atoms with E-state index >= 15 is 0 Å². The van der Waals surface area contributed by atoms with Crippen molar-refractivity contribution in [3.63, 3.8) is 0 Å². The molecule has 0 aliphatic carbocycles. The van der Waals surface area contributed by atoms with Crippen LogP contribution in [0.4, 0.5) is 0 Å². The summed E-state index contributed by atoms with van der Waals surface area (Å²) in [6, 6.07) is 15.8. The minimum Gasteiger partial charge on any atom is -0.497 e. The maximum atomic E-state index is 12.9. The van der Waals surface area contributed by atoms with Crippen LogP contribution in [0.5, 0.6) is 5.75 Å². The molecule has 0 radical (unpaired) electrons. The van der Waals surface area contributed by atoms with Crippen molar-refractivity contribution in [2.24, 2.45) is 5.92 Å². The van der Waals surface area contributed by atoms with Crippen LogP contribution in [0.2, 0.25) is 0 Å². The zero-order valence-electron chi connectivity index (χ0n) is 14.8. The first-order chi connectivity index (χ1) is 13.6. The lowest BCUT2D eigenvalue weighted by Crippen LogP contribution is -2.23. The largest absolute Gasteiger partial charge is 0.497 e. The number of carbonyl (C=O) groups is 2. The number of rotatable bonds is 5. The number of methoxy groups -OCH3 is 1. The first-order valence-corrected chi connectivity index (χ1v) is 9.45. The van der Waals surface area contributed by atoms with E-state index in [-0.39, 0.29) is 11.3 Å². The van der Waals surface area contributed by atoms with Gasteiger partial charge in [-0.1, -0.05) is 23.4 Å². The van der Waals surface area contributed by atoms with Gasteiger partial charge in [0.2, 0.25) is 11.5 Å². The number of ether oxygens (including phenoxy) is 1. The van der Waals surface area contributed by atoms with Crippen LogP contribution in [-0.4, -0.2) is 23.8 Å². The molecular weight excluding hydrogens is 376 g/mol. The maximum absolute atomic E-state index is 12.9. The van der Waals surface area contributed by atoms with Gasteiger partial charge in [-0.3, -0.25) is 9.59 Å². The first-order valence-electron chi connectivity index (χ1n) is 8.47. The van der Waals surface area contributed by atoms with Crippen molar-refractivity contribution >= 4 is 23.3 Å². The molecule has 2 heterocycles. The molecule has 0 bridgehead atoms. The van der Waals surface area contributed by atoms with E-state index in [0.29, 0.717) is 22.8 Å². The molecule has 6 nitrogen and oxygen atoms in total. The highest BCUT2D eigenvalue weighted by molar-refractivity contribution is 7.98. The first kappa shape index (κ1) is 18.0. The lowest BCUT2D eigenvalue weighted by molar-refractivity contribution is 0.0823. The number of Topliss-reactive ketones (excluding diaryl/α,β-unsaturated/α-hetero) is 2. The van der Waals surface area contributed by atoms with Crippen molar-refractivity contribution in [1.29, 1.82) is 5.26 Å². The van der Waals surface area contributed by atoms with Gasteiger partial charge in [0.1, 0.15) is 11.4 Å². The van der Waals surface area contributed by atoms with Crippen LogP contribution in [0.3, 0.4) is 0 Å². The Morgan fingerprint density at radius 2 is 1.93 bits per heavy atom. The summed E-state index contributed by atoms with van der Waals surface area (Å²) in [6.45, 7) is 0. The molecule has 1 aliphatic rings. The summed E-state index contributed by atoms with van der Waals surface area (Å²) < 4.78 is 10.4. The van der Waals surface area contributed by atoms with E-state index in [0.717, 1.165) is 10.5 Å². The van der Waals surface area contributed by atoms with E-state index in [1.54, 1.807) is 23.9 Å². The monoisotopic (exact) mass is 390 g/mol. The lowest BCUT2D eigenvalue weighted by atomic mass is 9.92. The maximum Gasteiger partial charge on any atom is 0.226 e. The highest BCUT2D eigenvalue weighted by Crippen LogP contribution is 2.42. The van der Waals surface area contributed by atoms with Crippen LogP contribution in [0, 0.1) is 17.2 Å². The molecule has 4 rings (SSSR count). The molecule has 0 saturated heterocycles. The number of ketones is 2. The zero-order chi connectivity index (χ0) is 19.7. The number of nitriles is 1. The zero-order valence-corrected chi connectivity index (χ0v) is 15.7. The number of hydrogen-bond acceptors (Lipinski definition) is 7. The van der Waals surface area contributed by atoms with Gasteiger partial charge in [-0.25, -0.2) is 0 Å². The number of nitrogens with zero attached hydrogens (tertiary/aromatic N) is 2. The average Bonchev–Trinajstić information content (AvgIpc) is 3.19. The molecule has 0 amide bonds. The van der Waals surface area contributed by atoms with E-state index in [4.69, 9.17) is 9.26 Å². The van der Waals surface area contributed by atoms with Gasteiger partial charge in [-0.05, 0) is 30.3 Å². The van der Waals surface area contributed by atoms with Crippen molar-refractivity contribution in [3.05, 3.63) is 65.4 Å². The van der Waals surface area contributed by atoms with Crippen molar-refractivity contribution in [3.8, 4) is 23.1 Å². The Hall–Kier alpha value is -3.37. The molecule has 0 saturated carbocycles. The van der Waals surface area contributed by atoms with Gasteiger partial charge < -0.3 is 9.26 Å². The Morgan fingerprint density at radius 1 is 1.18 bits per heavy atom. The van der Waals surface area contributed by atoms with E-state index in [9.17, 15) is 14.9 Å². The molecule has 2 aromatic carbocycles. The molecule has 1 aromatic heterocycles. The quantitative estimate of drug-likeness (QED) is 0.477. The SMILES string of the molecule is COc1ccc(C(=O)C(C#N)C(=O)c2onc3c2CSc2ccccc2-3)cc1. The summed E-state index contributed by atoms with van der Waals surface area (Å²) >= 11 is 1.56. The fourth-order valence-corrected chi connectivity index (χ4v) is 4.14. The van der Waals surface area contributed by atoms with Crippen molar-refractivity contribution in [1.82, 2.24) is 5.16 Å². The van der Waals surface area contributed by atoms with Gasteiger partial charge in [0.05, 0.1) is 13.2 Å². The molecule has 0 fully saturated rings. The molecule has 1 aliphatic heterocycles. The summed E-state index contributed by atoms with van der Waals surface area (Å²) in [4.78, 5) is 26.7. The minimum absolute atomic E-state index is 0.0228. The van der Waals surface area contributed by atoms with Crippen molar-refractivity contribution in [2.45, 2.75) is 10.6 Å². The third-order valence-corrected chi connectivity index (χ3v) is 5.65. The molecule has 0 N–H and O–H groups in total. The summed E-state index contributed by atoms with van der Waals surface area (Å²) in [5, 5.41) is 13.6. The Morgan fingerprint density at radius 3 is 2.64 bits per heavy atom. The molecule has 1 unspecified atom stereocenters. The van der Waals surface area contributed by atoms with Crippen LogP contribution in [0.15, 0.2) is 57.9 Å². The van der Waals surface area contributed by atoms with Gasteiger partial charge in [-0.2, -0.15) is 5.26 Å². The smallest absolute Gasteiger partial charge is 0.226 e. The van der Waals surface area contributed by atoms with Crippen LogP contribution in [-0.2, 0) is 5.75 Å². The Bertz CT molecular complexity index is 1110. The highest BCUT2D eigenvalue weighted by atomic mass is 32.2. The predicted molar refractivity (Wildman–Crippen MR) is 102 cm³/mol. The Labute approximate surface area is 165 Å². The molecule has 7 heteroatoms. The fourth-order valence-electron chi connectivity index (χ4n) is 3.08. The standard InChI is InChI=1S/C21H14N2O4S/c1-26-13-8-6-12(7-9-13)19(24)15(10-22)20(25)21-16-11-28-17-5-3-2-4-14(17)18(16)23-27-21/h2-9,15H,11H2,1H3. The van der Waals surface area contributed by atoms with E-state index in [2.05, 4.69) is 5.16 Å². The Kier molecular flexibility index (Phi) is 4.72. The molecule has 0 spiro atoms. The predicted octanol–water partition coefficient (Wildman–Crippen LogP) is 4.16. The topological polar surface area (TPSA) is 93.2 Å². The summed E-state index contributed by atoms with van der Waals surface area (Å²) in [7, 11) is 1.52. The second kappa shape index (κ2) is 7.33. The summed E-state index contributed by atoms with van der Waals surface area (Å²) in [6.07, 6.45) is 0. The van der Waals surface area contributed by atoms with E-state index < -0.39 is 17.5 Å². The van der Waals surface area contributed by atoms with Crippen LogP contribution >= 0.6 is 11.8 Å². The van der Waals surface area contributed by atoms with Gasteiger partial charge >= 0.3 is 0 Å². The molecule has 28 heavy (non-hydrogen) atoms. The molecule has 3 aromatic rings. The molecular formula is C21H14N2O4S. The van der Waals surface area contributed by atoms with Gasteiger partial charge in [0.15, 0.2) is 11.7 Å². The normalized spacial score (nSPS) is 13.0. The Balaban J connectivity index is 1.66. The van der Waals surface area contributed by atoms with Crippen LogP contribution < -0.4 is 4.74 Å². The van der Waals surface area contributed by atoms with Gasteiger partial charge in [-0.15, -0.1) is 11.8 Å². The highest BCUT2D eigenvalue weighted by Gasteiger charge is 2.35. The number of thioether (sulfide) groups is 1. The van der Waals surface area contributed by atoms with Crippen LogP contribution in [0.1, 0.15) is 26.5 Å². The van der Waals surface area contributed by atoms with E-state index in [1.807, 2.05) is 30.3 Å². The van der Waals surface area contributed by atoms with Gasteiger partial charge in [0, 0.05) is 27.3 Å². The fraction of sp³-hybridized carbons (Fsp3) is 0.143. The van der Waals surface area contributed by atoms with E-state index in [1.165, 1.54) is 19.2 Å². The number of aromatic nitrogens is 1. The number of hydrogen-bond donors (Lipinski definition) is 0. The third-order valence-electron chi connectivity index (χ3n) is 4.55. The minimum atomic E-state index is -1.49. The number of benzene rings is 2. The summed E-state index contributed by atoms with van der Waals surface area (Å²) in [5.41, 5.74) is 2.35. The lowest BCUT2D eigenvalue weighted by Gasteiger charge is -2.14. The molecule has 138 valence electrons. The second-order valence-electron chi connectivity index (χ2n) is 6.14. The average molecular weight is 390 g/mol. The molecule has 1 atom stereocenters. The van der Waals surface area contributed by atoms with Gasteiger partial charge in [0.25, 0.3) is 0 Å². The second-order valence-corrected chi connectivity index (χ2v) is 7.16. The van der Waals surface area contributed by atoms with Crippen LogP contribution in [0.25, 0.3) is 11.3 Å². The third kappa shape index (κ3) is 2.98. The summed E-state index contributed by atoms with van der Waals surface area (Å²) in [5.74, 6) is -1.69.